The lowest BCUT2D eigenvalue weighted by molar-refractivity contribution is -0.114. The number of hydrogen-bond donors (Lipinski definition) is 1. The van der Waals surface area contributed by atoms with Crippen LogP contribution in [0.25, 0.3) is 0 Å². The summed E-state index contributed by atoms with van der Waals surface area (Å²) in [6.45, 7) is 10.4. The molecule has 1 N–H and O–H groups in total. The molecule has 0 saturated carbocycles. The summed E-state index contributed by atoms with van der Waals surface area (Å²) in [5.74, 6) is -0.152. The molecule has 1 amide bonds. The Balaban J connectivity index is 1.83. The fourth-order valence-electron chi connectivity index (χ4n) is 4.25. The Labute approximate surface area is 186 Å². The van der Waals surface area contributed by atoms with Crippen molar-refractivity contribution < 1.29 is 14.3 Å². The maximum atomic E-state index is 13.0. The Morgan fingerprint density at radius 1 is 1.27 bits per heavy atom. The van der Waals surface area contributed by atoms with Crippen molar-refractivity contribution in [1.29, 1.82) is 0 Å². The number of halogens is 1. The third-order valence-corrected chi connectivity index (χ3v) is 6.30. The number of allylic oxidation sites excluding steroid dienone is 1. The maximum absolute atomic E-state index is 13.0. The molecule has 0 aromatic heterocycles. The van der Waals surface area contributed by atoms with Gasteiger partial charge in [-0.25, -0.2) is 0 Å². The van der Waals surface area contributed by atoms with Gasteiger partial charge in [0.15, 0.2) is 5.78 Å². The first-order valence-corrected chi connectivity index (χ1v) is 11.3. The molecule has 1 aromatic rings. The molecule has 30 heavy (non-hydrogen) atoms. The van der Waals surface area contributed by atoms with E-state index in [1.165, 1.54) is 0 Å². The Bertz CT molecular complexity index is 901. The molecule has 3 rings (SSSR count). The van der Waals surface area contributed by atoms with Gasteiger partial charge < -0.3 is 15.0 Å². The molecule has 0 unspecified atom stereocenters. The van der Waals surface area contributed by atoms with Gasteiger partial charge in [0.2, 0.25) is 0 Å². The number of rotatable bonds is 6. The lowest BCUT2D eigenvalue weighted by Crippen LogP contribution is -2.40. The van der Waals surface area contributed by atoms with Crippen molar-refractivity contribution >= 4 is 39.0 Å². The van der Waals surface area contributed by atoms with E-state index < -0.39 is 0 Å². The predicted molar refractivity (Wildman–Crippen MR) is 124 cm³/mol. The van der Waals surface area contributed by atoms with E-state index in [9.17, 15) is 9.59 Å². The van der Waals surface area contributed by atoms with E-state index in [1.807, 2.05) is 26.8 Å². The lowest BCUT2D eigenvalue weighted by Gasteiger charge is -2.36. The van der Waals surface area contributed by atoms with Crippen LogP contribution < -0.4 is 10.2 Å². The number of aliphatic imine (C=N–C) groups is 1. The minimum atomic E-state index is -0.183. The van der Waals surface area contributed by atoms with Crippen LogP contribution in [0.1, 0.15) is 56.0 Å². The molecule has 2 heterocycles. The second-order valence-corrected chi connectivity index (χ2v) is 8.84. The van der Waals surface area contributed by atoms with Gasteiger partial charge in [-0.2, -0.15) is 0 Å². The molecule has 162 valence electrons. The number of amides is 1. The molecule has 7 heteroatoms. The predicted octanol–water partition coefficient (Wildman–Crippen LogP) is 4.20. The summed E-state index contributed by atoms with van der Waals surface area (Å²) in [5.41, 5.74) is 4.71. The Kier molecular flexibility index (Phi) is 7.47. The first-order chi connectivity index (χ1) is 14.3. The van der Waals surface area contributed by atoms with Crippen LogP contribution in [0.4, 0.5) is 5.69 Å². The number of nitrogens with zero attached hydrogens (tertiary/aromatic N) is 2. The average Bonchev–Trinajstić information content (AvgIpc) is 2.70. The van der Waals surface area contributed by atoms with E-state index in [0.29, 0.717) is 29.3 Å². The molecule has 0 spiro atoms. The topological polar surface area (TPSA) is 71.0 Å². The second-order valence-electron chi connectivity index (χ2n) is 7.92. The maximum Gasteiger partial charge on any atom is 0.251 e. The molecule has 2 aliphatic rings. The van der Waals surface area contributed by atoms with Crippen LogP contribution in [0.2, 0.25) is 0 Å². The average molecular weight is 476 g/mol. The van der Waals surface area contributed by atoms with Crippen molar-refractivity contribution in [2.75, 3.05) is 31.2 Å². The number of nitrogens with one attached hydrogen (secondary N) is 1. The largest absolute Gasteiger partial charge is 0.381 e. The highest BCUT2D eigenvalue weighted by molar-refractivity contribution is 9.10. The molecule has 0 radical (unpaired) electrons. The molecule has 6 nitrogen and oxygen atoms in total. The van der Waals surface area contributed by atoms with Gasteiger partial charge in [0, 0.05) is 71.5 Å². The van der Waals surface area contributed by atoms with E-state index in [0.717, 1.165) is 54.0 Å². The first-order valence-electron chi connectivity index (χ1n) is 10.5. The normalized spacial score (nSPS) is 17.8. The fraction of sp³-hybridized carbons (Fsp3) is 0.522. The Morgan fingerprint density at radius 2 is 1.97 bits per heavy atom. The quantitative estimate of drug-likeness (QED) is 0.668. The number of anilines is 1. The van der Waals surface area contributed by atoms with Crippen molar-refractivity contribution in [2.24, 2.45) is 4.99 Å². The zero-order valence-electron chi connectivity index (χ0n) is 18.2. The van der Waals surface area contributed by atoms with E-state index in [4.69, 9.17) is 4.74 Å². The van der Waals surface area contributed by atoms with Gasteiger partial charge in [-0.05, 0) is 58.2 Å². The molecule has 0 aliphatic carbocycles. The summed E-state index contributed by atoms with van der Waals surface area (Å²) in [5, 5.41) is 2.93. The number of Topliss-reactive ketones (excluding diaryl/α,β-unsaturated/α-hetero) is 1. The lowest BCUT2D eigenvalue weighted by atomic mass is 10.00. The molecule has 1 fully saturated rings. The SMILES string of the molecule is CCN(c1cc(Br)cc(C(=O)NCC2=C(C)N=C(C)CC2=O)c1C)C1CCOCC1. The van der Waals surface area contributed by atoms with Gasteiger partial charge in [0.25, 0.3) is 5.91 Å². The van der Waals surface area contributed by atoms with Gasteiger partial charge in [-0.3, -0.25) is 14.6 Å². The molecule has 2 aliphatic heterocycles. The monoisotopic (exact) mass is 475 g/mol. The van der Waals surface area contributed by atoms with E-state index in [2.05, 4.69) is 44.1 Å². The molecule has 0 atom stereocenters. The number of benzene rings is 1. The summed E-state index contributed by atoms with van der Waals surface area (Å²) in [6.07, 6.45) is 2.28. The molecular formula is C23H30BrN3O3. The van der Waals surface area contributed by atoms with Crippen molar-refractivity contribution in [3.05, 3.63) is 39.0 Å². The number of hydrogen-bond acceptors (Lipinski definition) is 5. The molecular weight excluding hydrogens is 446 g/mol. The van der Waals surface area contributed by atoms with Crippen LogP contribution >= 0.6 is 15.9 Å². The Hall–Kier alpha value is -1.99. The Morgan fingerprint density at radius 3 is 2.60 bits per heavy atom. The van der Waals surface area contributed by atoms with E-state index >= 15 is 0 Å². The summed E-state index contributed by atoms with van der Waals surface area (Å²) < 4.78 is 6.38. The number of ether oxygens (including phenoxy) is 1. The van der Waals surface area contributed by atoms with Gasteiger partial charge >= 0.3 is 0 Å². The zero-order valence-corrected chi connectivity index (χ0v) is 19.8. The van der Waals surface area contributed by atoms with Crippen LogP contribution in [0.3, 0.4) is 0 Å². The summed E-state index contributed by atoms with van der Waals surface area (Å²) in [4.78, 5) is 32.1. The van der Waals surface area contributed by atoms with Gasteiger partial charge in [0.05, 0.1) is 0 Å². The van der Waals surface area contributed by atoms with E-state index in [-0.39, 0.29) is 18.2 Å². The summed E-state index contributed by atoms with van der Waals surface area (Å²) in [7, 11) is 0. The van der Waals surface area contributed by atoms with Crippen molar-refractivity contribution in [3.63, 3.8) is 0 Å². The van der Waals surface area contributed by atoms with E-state index in [1.54, 1.807) is 0 Å². The van der Waals surface area contributed by atoms with Crippen LogP contribution in [0, 0.1) is 6.92 Å². The highest BCUT2D eigenvalue weighted by Gasteiger charge is 2.25. The second kappa shape index (κ2) is 9.88. The van der Waals surface area contributed by atoms with Gasteiger partial charge in [0.1, 0.15) is 0 Å². The van der Waals surface area contributed by atoms with Crippen molar-refractivity contribution in [2.45, 2.75) is 53.0 Å². The van der Waals surface area contributed by atoms with Crippen LogP contribution in [-0.2, 0) is 9.53 Å². The van der Waals surface area contributed by atoms with Crippen molar-refractivity contribution in [1.82, 2.24) is 5.32 Å². The van der Waals surface area contributed by atoms with Gasteiger partial charge in [-0.15, -0.1) is 0 Å². The highest BCUT2D eigenvalue weighted by Crippen LogP contribution is 2.31. The molecule has 0 bridgehead atoms. The summed E-state index contributed by atoms with van der Waals surface area (Å²) in [6, 6.07) is 4.33. The number of ketones is 1. The van der Waals surface area contributed by atoms with Crippen molar-refractivity contribution in [3.8, 4) is 0 Å². The molecule has 1 saturated heterocycles. The van der Waals surface area contributed by atoms with Crippen LogP contribution in [-0.4, -0.2) is 49.7 Å². The number of carbonyl (C=O) groups is 2. The number of carbonyl (C=O) groups excluding carboxylic acids is 2. The highest BCUT2D eigenvalue weighted by atomic mass is 79.9. The van der Waals surface area contributed by atoms with Crippen LogP contribution in [0.5, 0.6) is 0 Å². The third kappa shape index (κ3) is 5.01. The summed E-state index contributed by atoms with van der Waals surface area (Å²) >= 11 is 3.58. The standard InChI is InChI=1S/C23H30BrN3O3/c1-5-27(18-6-8-30-9-7-18)21-12-17(24)11-19(15(21)3)23(29)25-13-20-16(4)26-14(2)10-22(20)28/h11-12,18H,5-10,13H2,1-4H3,(H,25,29). The minimum Gasteiger partial charge on any atom is -0.381 e. The minimum absolute atomic E-state index is 0.0311. The smallest absolute Gasteiger partial charge is 0.251 e. The van der Waals surface area contributed by atoms with Gasteiger partial charge in [-0.1, -0.05) is 15.9 Å². The first kappa shape index (κ1) is 22.7. The zero-order chi connectivity index (χ0) is 21.8. The van der Waals surface area contributed by atoms with Crippen LogP contribution in [0.15, 0.2) is 32.9 Å². The molecule has 1 aromatic carbocycles. The third-order valence-electron chi connectivity index (χ3n) is 5.85. The fourth-order valence-corrected chi connectivity index (χ4v) is 4.69.